The van der Waals surface area contributed by atoms with E-state index in [0.29, 0.717) is 18.3 Å². The van der Waals surface area contributed by atoms with Crippen molar-refractivity contribution >= 4 is 47.4 Å². The fourth-order valence-corrected chi connectivity index (χ4v) is 6.00. The Morgan fingerprint density at radius 1 is 1.21 bits per heavy atom. The molecule has 0 bridgehead atoms. The van der Waals surface area contributed by atoms with Crippen LogP contribution in [0.4, 0.5) is 11.4 Å². The number of sulfonamides is 1. The van der Waals surface area contributed by atoms with Gasteiger partial charge in [-0.2, -0.15) is 12.7 Å². The van der Waals surface area contributed by atoms with Gasteiger partial charge in [-0.1, -0.05) is 21.9 Å². The molecule has 33 heavy (non-hydrogen) atoms. The molecule has 0 aliphatic carbocycles. The van der Waals surface area contributed by atoms with Crippen LogP contribution in [0.3, 0.4) is 0 Å². The summed E-state index contributed by atoms with van der Waals surface area (Å²) in [5.41, 5.74) is -0.310. The molecule has 0 saturated carbocycles. The summed E-state index contributed by atoms with van der Waals surface area (Å²) in [7, 11) is -5.98. The van der Waals surface area contributed by atoms with Crippen molar-refractivity contribution < 1.29 is 25.9 Å². The van der Waals surface area contributed by atoms with Gasteiger partial charge in [-0.15, -0.1) is 6.42 Å². The van der Waals surface area contributed by atoms with Gasteiger partial charge in [0, 0.05) is 50.2 Å². The third-order valence-corrected chi connectivity index (χ3v) is 7.91. The SMILES string of the molecule is C#Cc1cc([N+](=O)[O-])cc(S(=O)(=O)N2CCCN(C)CC2)c1N(CCBr)CCOS(C)(=O)=O. The molecule has 0 aromatic heterocycles. The number of nitro benzene ring substituents is 1. The predicted octanol–water partition coefficient (Wildman–Crippen LogP) is 1.08. The highest BCUT2D eigenvalue weighted by molar-refractivity contribution is 9.09. The maximum Gasteiger partial charge on any atom is 0.272 e. The summed E-state index contributed by atoms with van der Waals surface area (Å²) in [6.45, 7) is 1.72. The van der Waals surface area contributed by atoms with Crippen LogP contribution in [-0.2, 0) is 24.3 Å². The highest BCUT2D eigenvalue weighted by Gasteiger charge is 2.33. The fraction of sp³-hybridized carbons (Fsp3) is 0.579. The zero-order valence-corrected chi connectivity index (χ0v) is 21.7. The predicted molar refractivity (Wildman–Crippen MR) is 129 cm³/mol. The minimum Gasteiger partial charge on any atom is -0.366 e. The summed E-state index contributed by atoms with van der Waals surface area (Å²) >= 11 is 3.31. The zero-order chi connectivity index (χ0) is 24.8. The number of terminal acetylenes is 1. The smallest absolute Gasteiger partial charge is 0.272 e. The second-order valence-electron chi connectivity index (χ2n) is 7.50. The van der Waals surface area contributed by atoms with E-state index in [1.54, 1.807) is 4.90 Å². The molecule has 1 fully saturated rings. The van der Waals surface area contributed by atoms with Gasteiger partial charge in [0.05, 0.1) is 29.0 Å². The number of anilines is 1. The molecule has 1 aromatic carbocycles. The number of halogens is 1. The van der Waals surface area contributed by atoms with E-state index in [9.17, 15) is 26.9 Å². The molecular formula is C19H27BrN4O7S2. The number of benzene rings is 1. The quantitative estimate of drug-likeness (QED) is 0.134. The number of alkyl halides is 1. The lowest BCUT2D eigenvalue weighted by atomic mass is 10.1. The number of rotatable bonds is 10. The van der Waals surface area contributed by atoms with E-state index in [4.69, 9.17) is 10.6 Å². The number of nitrogens with zero attached hydrogens (tertiary/aromatic N) is 4. The van der Waals surface area contributed by atoms with E-state index in [0.717, 1.165) is 24.9 Å². The van der Waals surface area contributed by atoms with Crippen molar-refractivity contribution in [1.29, 1.82) is 0 Å². The van der Waals surface area contributed by atoms with Crippen molar-refractivity contribution in [2.75, 3.05) is 69.4 Å². The average molecular weight is 567 g/mol. The number of hydrogen-bond donors (Lipinski definition) is 0. The van der Waals surface area contributed by atoms with Gasteiger partial charge in [0.2, 0.25) is 10.0 Å². The van der Waals surface area contributed by atoms with Crippen LogP contribution in [0.25, 0.3) is 0 Å². The molecule has 184 valence electrons. The minimum absolute atomic E-state index is 0.00355. The van der Waals surface area contributed by atoms with Crippen LogP contribution in [0.15, 0.2) is 17.0 Å². The Morgan fingerprint density at radius 3 is 2.48 bits per heavy atom. The Hall–Kier alpha value is -1.76. The van der Waals surface area contributed by atoms with Crippen molar-refractivity contribution in [2.24, 2.45) is 0 Å². The first-order valence-corrected chi connectivity index (χ1v) is 14.4. The molecule has 1 aliphatic rings. The Balaban J connectivity index is 2.64. The Bertz CT molecular complexity index is 1120. The van der Waals surface area contributed by atoms with Gasteiger partial charge < -0.3 is 9.80 Å². The van der Waals surface area contributed by atoms with Gasteiger partial charge in [0.1, 0.15) is 4.90 Å². The monoisotopic (exact) mass is 566 g/mol. The number of likely N-dealkylation sites (N-methyl/N-ethyl adjacent to an activating group) is 1. The second kappa shape index (κ2) is 11.6. The van der Waals surface area contributed by atoms with Crippen LogP contribution in [0, 0.1) is 22.5 Å². The molecule has 0 amide bonds. The first-order chi connectivity index (χ1) is 15.4. The van der Waals surface area contributed by atoms with Crippen LogP contribution < -0.4 is 4.90 Å². The Labute approximate surface area is 203 Å². The summed E-state index contributed by atoms with van der Waals surface area (Å²) in [6, 6.07) is 2.15. The second-order valence-corrected chi connectivity index (χ2v) is 11.8. The summed E-state index contributed by atoms with van der Waals surface area (Å²) in [5, 5.41) is 11.9. The van der Waals surface area contributed by atoms with Crippen LogP contribution in [-0.4, -0.2) is 95.5 Å². The Kier molecular flexibility index (Phi) is 9.65. The van der Waals surface area contributed by atoms with E-state index in [2.05, 4.69) is 21.9 Å². The number of non-ortho nitro benzene ring substituents is 1. The van der Waals surface area contributed by atoms with Gasteiger partial charge in [0.15, 0.2) is 0 Å². The van der Waals surface area contributed by atoms with Crippen molar-refractivity contribution in [3.63, 3.8) is 0 Å². The fourth-order valence-electron chi connectivity index (χ4n) is 3.47. The van der Waals surface area contributed by atoms with Crippen LogP contribution in [0.2, 0.25) is 0 Å². The first kappa shape index (κ1) is 27.5. The molecule has 0 spiro atoms. The maximum atomic E-state index is 13.7. The molecule has 2 rings (SSSR count). The Morgan fingerprint density at radius 2 is 1.91 bits per heavy atom. The van der Waals surface area contributed by atoms with E-state index >= 15 is 0 Å². The summed E-state index contributed by atoms with van der Waals surface area (Å²) < 4.78 is 56.3. The molecule has 1 aliphatic heterocycles. The molecule has 11 nitrogen and oxygen atoms in total. The van der Waals surface area contributed by atoms with Gasteiger partial charge in [0.25, 0.3) is 15.8 Å². The first-order valence-electron chi connectivity index (χ1n) is 10.0. The highest BCUT2D eigenvalue weighted by Crippen LogP contribution is 2.35. The van der Waals surface area contributed by atoms with E-state index in [1.807, 2.05) is 11.9 Å². The van der Waals surface area contributed by atoms with Gasteiger partial charge in [-0.05, 0) is 20.0 Å². The van der Waals surface area contributed by atoms with Gasteiger partial charge in [-0.25, -0.2) is 8.42 Å². The highest BCUT2D eigenvalue weighted by atomic mass is 79.9. The van der Waals surface area contributed by atoms with E-state index in [-0.39, 0.29) is 48.9 Å². The molecule has 0 N–H and O–H groups in total. The molecule has 1 aromatic rings. The third-order valence-electron chi connectivity index (χ3n) is 5.05. The van der Waals surface area contributed by atoms with Crippen molar-refractivity contribution in [1.82, 2.24) is 9.21 Å². The summed E-state index contributed by atoms with van der Waals surface area (Å²) in [4.78, 5) is 14.1. The lowest BCUT2D eigenvalue weighted by Crippen LogP contribution is -2.37. The average Bonchev–Trinajstić information content (AvgIpc) is 2.96. The van der Waals surface area contributed by atoms with Crippen molar-refractivity contribution in [3.05, 3.63) is 27.8 Å². The molecule has 0 unspecified atom stereocenters. The van der Waals surface area contributed by atoms with Crippen LogP contribution in [0.1, 0.15) is 12.0 Å². The lowest BCUT2D eigenvalue weighted by molar-refractivity contribution is -0.385. The zero-order valence-electron chi connectivity index (χ0n) is 18.4. The lowest BCUT2D eigenvalue weighted by Gasteiger charge is -2.29. The van der Waals surface area contributed by atoms with Crippen LogP contribution in [0.5, 0.6) is 0 Å². The van der Waals surface area contributed by atoms with Crippen molar-refractivity contribution in [3.8, 4) is 12.3 Å². The van der Waals surface area contributed by atoms with Gasteiger partial charge in [-0.3, -0.25) is 14.3 Å². The minimum atomic E-state index is -4.15. The molecule has 1 heterocycles. The number of nitro groups is 1. The number of hydrogen-bond acceptors (Lipinski definition) is 9. The van der Waals surface area contributed by atoms with E-state index in [1.165, 1.54) is 4.31 Å². The van der Waals surface area contributed by atoms with Gasteiger partial charge >= 0.3 is 0 Å². The standard InChI is InChI=1S/C19H27BrN4O7S2/c1-4-16-14-17(24(25)26)15-18(33(29,30)23-8-5-7-21(2)10-11-23)19(16)22(9-6-20)12-13-31-32(3,27)28/h1,14-15H,5-13H2,2-3H3. The maximum absolute atomic E-state index is 13.7. The van der Waals surface area contributed by atoms with E-state index < -0.39 is 30.8 Å². The van der Waals surface area contributed by atoms with Crippen LogP contribution >= 0.6 is 15.9 Å². The molecule has 1 saturated heterocycles. The summed E-state index contributed by atoms with van der Waals surface area (Å²) in [5.74, 6) is 2.36. The van der Waals surface area contributed by atoms with Crippen molar-refractivity contribution in [2.45, 2.75) is 11.3 Å². The molecule has 0 radical (unpaired) electrons. The molecule has 14 heteroatoms. The molecule has 0 atom stereocenters. The topological polar surface area (TPSA) is 130 Å². The normalized spacial score (nSPS) is 16.2. The largest absolute Gasteiger partial charge is 0.366 e. The third kappa shape index (κ3) is 7.36. The molecular weight excluding hydrogens is 540 g/mol. The summed E-state index contributed by atoms with van der Waals surface area (Å²) in [6.07, 6.45) is 7.15.